The smallest absolute Gasteiger partial charge is 0.114 e. The third-order valence-corrected chi connectivity index (χ3v) is 3.25. The average Bonchev–Trinajstić information content (AvgIpc) is 2.12. The summed E-state index contributed by atoms with van der Waals surface area (Å²) >= 11 is 12.7. The lowest BCUT2D eigenvalue weighted by Gasteiger charge is -2.02. The first kappa shape index (κ1) is 9.44. The van der Waals surface area contributed by atoms with Gasteiger partial charge in [-0.25, -0.2) is 4.98 Å². The van der Waals surface area contributed by atoms with Crippen LogP contribution in [-0.2, 0) is 0 Å². The van der Waals surface area contributed by atoms with Gasteiger partial charge in [0.1, 0.15) is 4.60 Å². The van der Waals surface area contributed by atoms with Crippen molar-refractivity contribution in [1.29, 1.82) is 0 Å². The van der Waals surface area contributed by atoms with Gasteiger partial charge in [-0.05, 0) is 44.0 Å². The van der Waals surface area contributed by atoms with Crippen LogP contribution in [0.3, 0.4) is 0 Å². The molecular weight excluding hydrogens is 317 g/mol. The highest BCUT2D eigenvalue weighted by Crippen LogP contribution is 2.30. The van der Waals surface area contributed by atoms with Crippen LogP contribution in [0.4, 0.5) is 0 Å². The van der Waals surface area contributed by atoms with E-state index in [0.717, 1.165) is 19.8 Å². The Balaban J connectivity index is 2.92. The van der Waals surface area contributed by atoms with Crippen molar-refractivity contribution in [2.45, 2.75) is 0 Å². The van der Waals surface area contributed by atoms with Crippen molar-refractivity contribution in [3.8, 4) is 0 Å². The summed E-state index contributed by atoms with van der Waals surface area (Å²) in [5.41, 5.74) is 0. The predicted octanol–water partition coefficient (Wildman–Crippen LogP) is 4.41. The molecule has 2 rings (SSSR count). The van der Waals surface area contributed by atoms with Gasteiger partial charge in [0, 0.05) is 26.5 Å². The molecule has 1 aromatic heterocycles. The molecule has 0 unspecified atom stereocenters. The molecule has 0 radical (unpaired) electrons. The van der Waals surface area contributed by atoms with E-state index in [1.165, 1.54) is 0 Å². The number of fused-ring (bicyclic) bond motifs is 1. The molecule has 0 fully saturated rings. The van der Waals surface area contributed by atoms with Gasteiger partial charge in [0.2, 0.25) is 0 Å². The molecule has 0 saturated carbocycles. The molecule has 66 valence electrons. The lowest BCUT2D eigenvalue weighted by atomic mass is 10.2. The molecule has 0 saturated heterocycles. The fourth-order valence-corrected chi connectivity index (χ4v) is 2.20. The maximum absolute atomic E-state index is 5.88. The molecule has 0 atom stereocenters. The first-order valence-corrected chi connectivity index (χ1v) is 5.54. The number of hydrogen-bond acceptors (Lipinski definition) is 1. The minimum absolute atomic E-state index is 0.716. The van der Waals surface area contributed by atoms with Crippen molar-refractivity contribution in [2.75, 3.05) is 0 Å². The molecule has 0 bridgehead atoms. The van der Waals surface area contributed by atoms with E-state index in [9.17, 15) is 0 Å². The topological polar surface area (TPSA) is 12.9 Å². The molecule has 2 aromatic rings. The normalized spacial score (nSPS) is 10.7. The molecule has 0 spiro atoms. The van der Waals surface area contributed by atoms with Crippen LogP contribution in [0.5, 0.6) is 0 Å². The second kappa shape index (κ2) is 3.56. The van der Waals surface area contributed by atoms with Crippen LogP contribution in [0.2, 0.25) is 5.02 Å². The Morgan fingerprint density at radius 2 is 1.92 bits per heavy atom. The van der Waals surface area contributed by atoms with Gasteiger partial charge in [-0.2, -0.15) is 0 Å². The number of aromatic nitrogens is 1. The van der Waals surface area contributed by atoms with Gasteiger partial charge in [-0.15, -0.1) is 0 Å². The lowest BCUT2D eigenvalue weighted by molar-refractivity contribution is 1.30. The fourth-order valence-electron chi connectivity index (χ4n) is 1.15. The summed E-state index contributed by atoms with van der Waals surface area (Å²) in [6, 6.07) is 5.72. The third kappa shape index (κ3) is 1.73. The Labute approximate surface area is 97.4 Å². The van der Waals surface area contributed by atoms with E-state index in [4.69, 9.17) is 11.6 Å². The highest BCUT2D eigenvalue weighted by atomic mass is 79.9. The first-order chi connectivity index (χ1) is 6.18. The molecule has 1 heterocycles. The molecule has 1 aromatic carbocycles. The molecule has 0 aliphatic carbocycles. The maximum Gasteiger partial charge on any atom is 0.114 e. The minimum Gasteiger partial charge on any atom is -0.248 e. The van der Waals surface area contributed by atoms with Crippen molar-refractivity contribution >= 4 is 54.2 Å². The fraction of sp³-hybridized carbons (Fsp3) is 0. The van der Waals surface area contributed by atoms with E-state index in [2.05, 4.69) is 36.8 Å². The van der Waals surface area contributed by atoms with Crippen LogP contribution in [0, 0.1) is 0 Å². The predicted molar refractivity (Wildman–Crippen MR) is 62.2 cm³/mol. The second-order valence-corrected chi connectivity index (χ2v) is 4.63. The van der Waals surface area contributed by atoms with E-state index in [0.29, 0.717) is 5.02 Å². The zero-order valence-corrected chi connectivity index (χ0v) is 10.3. The monoisotopic (exact) mass is 319 g/mol. The number of pyridine rings is 1. The number of benzene rings is 1. The Morgan fingerprint density at radius 1 is 1.15 bits per heavy atom. The zero-order chi connectivity index (χ0) is 9.42. The quantitative estimate of drug-likeness (QED) is 0.655. The van der Waals surface area contributed by atoms with Crippen molar-refractivity contribution in [3.05, 3.63) is 38.5 Å². The lowest BCUT2D eigenvalue weighted by Crippen LogP contribution is -1.81. The summed E-state index contributed by atoms with van der Waals surface area (Å²) in [6.07, 6.45) is 1.76. The number of nitrogens with zero attached hydrogens (tertiary/aromatic N) is 1. The van der Waals surface area contributed by atoms with Gasteiger partial charge >= 0.3 is 0 Å². The van der Waals surface area contributed by atoms with Gasteiger partial charge in [-0.3, -0.25) is 0 Å². The standard InChI is InChI=1S/C9H4Br2ClN/c10-8-4-13-9(11)7-3-5(12)1-2-6(7)8/h1-4H. The molecule has 4 heteroatoms. The van der Waals surface area contributed by atoms with Crippen molar-refractivity contribution in [1.82, 2.24) is 4.98 Å². The van der Waals surface area contributed by atoms with E-state index in [1.807, 2.05) is 18.2 Å². The first-order valence-electron chi connectivity index (χ1n) is 3.58. The van der Waals surface area contributed by atoms with Crippen LogP contribution in [0.1, 0.15) is 0 Å². The Bertz CT molecular complexity index is 470. The second-order valence-electron chi connectivity index (χ2n) is 2.59. The van der Waals surface area contributed by atoms with Gasteiger partial charge in [-0.1, -0.05) is 17.7 Å². The SMILES string of the molecule is Clc1ccc2c(Br)cnc(Br)c2c1. The third-order valence-electron chi connectivity index (χ3n) is 1.75. The van der Waals surface area contributed by atoms with Crippen LogP contribution in [0.15, 0.2) is 33.5 Å². The van der Waals surface area contributed by atoms with E-state index in [-0.39, 0.29) is 0 Å². The van der Waals surface area contributed by atoms with Crippen LogP contribution < -0.4 is 0 Å². The highest BCUT2D eigenvalue weighted by molar-refractivity contribution is 9.11. The van der Waals surface area contributed by atoms with Crippen molar-refractivity contribution in [3.63, 3.8) is 0 Å². The van der Waals surface area contributed by atoms with Crippen LogP contribution in [-0.4, -0.2) is 4.98 Å². The van der Waals surface area contributed by atoms with Gasteiger partial charge in [0.15, 0.2) is 0 Å². The molecule has 0 aliphatic heterocycles. The molecule has 0 amide bonds. The Hall–Kier alpha value is -0.120. The van der Waals surface area contributed by atoms with Gasteiger partial charge in [0.25, 0.3) is 0 Å². The number of halogens is 3. The van der Waals surface area contributed by atoms with Crippen LogP contribution in [0.25, 0.3) is 10.8 Å². The molecular formula is C9H4Br2ClN. The zero-order valence-electron chi connectivity index (χ0n) is 6.39. The molecule has 0 N–H and O–H groups in total. The largest absolute Gasteiger partial charge is 0.248 e. The minimum atomic E-state index is 0.716. The summed E-state index contributed by atoms with van der Waals surface area (Å²) in [5, 5.41) is 2.83. The average molecular weight is 321 g/mol. The van der Waals surface area contributed by atoms with Crippen molar-refractivity contribution in [2.24, 2.45) is 0 Å². The highest BCUT2D eigenvalue weighted by Gasteiger charge is 2.03. The van der Waals surface area contributed by atoms with Crippen molar-refractivity contribution < 1.29 is 0 Å². The van der Waals surface area contributed by atoms with E-state index in [1.54, 1.807) is 6.20 Å². The van der Waals surface area contributed by atoms with E-state index < -0.39 is 0 Å². The summed E-state index contributed by atoms with van der Waals surface area (Å²) in [7, 11) is 0. The van der Waals surface area contributed by atoms with Gasteiger partial charge in [0.05, 0.1) is 0 Å². The summed E-state index contributed by atoms with van der Waals surface area (Å²) in [4.78, 5) is 4.16. The molecule has 13 heavy (non-hydrogen) atoms. The van der Waals surface area contributed by atoms with Crippen LogP contribution >= 0.6 is 43.5 Å². The van der Waals surface area contributed by atoms with E-state index >= 15 is 0 Å². The molecule has 1 nitrogen and oxygen atoms in total. The summed E-state index contributed by atoms with van der Waals surface area (Å²) < 4.78 is 1.79. The summed E-state index contributed by atoms with van der Waals surface area (Å²) in [6.45, 7) is 0. The van der Waals surface area contributed by atoms with Gasteiger partial charge < -0.3 is 0 Å². The Morgan fingerprint density at radius 3 is 2.69 bits per heavy atom. The number of rotatable bonds is 0. The Kier molecular flexibility index (Phi) is 2.58. The number of hydrogen-bond donors (Lipinski definition) is 0. The summed E-state index contributed by atoms with van der Waals surface area (Å²) in [5.74, 6) is 0. The maximum atomic E-state index is 5.88. The molecule has 0 aliphatic rings.